The van der Waals surface area contributed by atoms with Gasteiger partial charge in [0.15, 0.2) is 0 Å². The van der Waals surface area contributed by atoms with Crippen LogP contribution in [0.1, 0.15) is 29.3 Å². The molecule has 0 saturated heterocycles. The lowest BCUT2D eigenvalue weighted by molar-refractivity contribution is 0.0696. The summed E-state index contributed by atoms with van der Waals surface area (Å²) in [7, 11) is 0. The van der Waals surface area contributed by atoms with Gasteiger partial charge in [0.1, 0.15) is 5.75 Å². The third-order valence-corrected chi connectivity index (χ3v) is 1.76. The van der Waals surface area contributed by atoms with E-state index in [0.717, 1.165) is 18.4 Å². The monoisotopic (exact) mass is 180 g/mol. The zero-order valence-electron chi connectivity index (χ0n) is 7.45. The van der Waals surface area contributed by atoms with Crippen molar-refractivity contribution < 1.29 is 15.0 Å². The third kappa shape index (κ3) is 2.47. The highest BCUT2D eigenvalue weighted by molar-refractivity contribution is 5.88. The van der Waals surface area contributed by atoms with Gasteiger partial charge in [-0.25, -0.2) is 4.79 Å². The van der Waals surface area contributed by atoms with Crippen molar-refractivity contribution in [1.82, 2.24) is 0 Å². The summed E-state index contributed by atoms with van der Waals surface area (Å²) in [4.78, 5) is 10.6. The van der Waals surface area contributed by atoms with Gasteiger partial charge in [-0.3, -0.25) is 0 Å². The Hall–Kier alpha value is -1.51. The van der Waals surface area contributed by atoms with E-state index in [-0.39, 0.29) is 11.3 Å². The number of phenols is 1. The Morgan fingerprint density at radius 3 is 2.62 bits per heavy atom. The number of hydrogen-bond donors (Lipinski definition) is 2. The molecule has 0 aromatic heterocycles. The number of aryl methyl sites for hydroxylation is 1. The van der Waals surface area contributed by atoms with Crippen LogP contribution in [-0.2, 0) is 6.42 Å². The van der Waals surface area contributed by atoms with Crippen LogP contribution in [-0.4, -0.2) is 16.2 Å². The predicted octanol–water partition coefficient (Wildman–Crippen LogP) is 2.04. The van der Waals surface area contributed by atoms with Gasteiger partial charge in [0.2, 0.25) is 0 Å². The molecule has 0 bridgehead atoms. The zero-order chi connectivity index (χ0) is 9.84. The van der Waals surface area contributed by atoms with E-state index in [2.05, 4.69) is 0 Å². The number of rotatable bonds is 3. The first kappa shape index (κ1) is 9.58. The lowest BCUT2D eigenvalue weighted by atomic mass is 10.1. The maximum Gasteiger partial charge on any atom is 0.335 e. The van der Waals surface area contributed by atoms with E-state index >= 15 is 0 Å². The first-order valence-corrected chi connectivity index (χ1v) is 4.19. The molecule has 2 N–H and O–H groups in total. The number of carboxylic acids is 1. The number of carboxylic acid groups (broad SMARTS) is 1. The molecule has 0 aliphatic carbocycles. The zero-order valence-corrected chi connectivity index (χ0v) is 7.45. The quantitative estimate of drug-likeness (QED) is 0.748. The van der Waals surface area contributed by atoms with Crippen LogP contribution in [0.25, 0.3) is 0 Å². The SMILES string of the molecule is CCCc1cc(O)cc(C(=O)O)c1. The number of aromatic carboxylic acids is 1. The molecule has 13 heavy (non-hydrogen) atoms. The molecule has 70 valence electrons. The smallest absolute Gasteiger partial charge is 0.335 e. The van der Waals surface area contributed by atoms with Crippen LogP contribution in [0.5, 0.6) is 5.75 Å². The van der Waals surface area contributed by atoms with Crippen LogP contribution >= 0.6 is 0 Å². The molecule has 0 radical (unpaired) electrons. The molecule has 0 unspecified atom stereocenters. The highest BCUT2D eigenvalue weighted by atomic mass is 16.4. The summed E-state index contributed by atoms with van der Waals surface area (Å²) in [5.74, 6) is -0.989. The van der Waals surface area contributed by atoms with Crippen molar-refractivity contribution in [2.45, 2.75) is 19.8 Å². The molecule has 1 rings (SSSR count). The first-order valence-electron chi connectivity index (χ1n) is 4.19. The van der Waals surface area contributed by atoms with E-state index in [1.54, 1.807) is 12.1 Å². The molecule has 0 fully saturated rings. The summed E-state index contributed by atoms with van der Waals surface area (Å²) < 4.78 is 0. The normalized spacial score (nSPS) is 9.92. The van der Waals surface area contributed by atoms with Crippen molar-refractivity contribution in [3.8, 4) is 5.75 Å². The largest absolute Gasteiger partial charge is 0.508 e. The highest BCUT2D eigenvalue weighted by Gasteiger charge is 2.05. The second-order valence-corrected chi connectivity index (χ2v) is 2.94. The van der Waals surface area contributed by atoms with Crippen LogP contribution in [0, 0.1) is 0 Å². The second-order valence-electron chi connectivity index (χ2n) is 2.94. The highest BCUT2D eigenvalue weighted by Crippen LogP contribution is 2.16. The van der Waals surface area contributed by atoms with Crippen molar-refractivity contribution in [1.29, 1.82) is 0 Å². The number of hydrogen-bond acceptors (Lipinski definition) is 2. The molecule has 0 heterocycles. The average molecular weight is 180 g/mol. The van der Waals surface area contributed by atoms with Crippen LogP contribution in [0.2, 0.25) is 0 Å². The lowest BCUT2D eigenvalue weighted by Gasteiger charge is -2.02. The van der Waals surface area contributed by atoms with Crippen molar-refractivity contribution in [3.63, 3.8) is 0 Å². The van der Waals surface area contributed by atoms with Gasteiger partial charge in [-0.05, 0) is 30.2 Å². The molecule has 3 nitrogen and oxygen atoms in total. The summed E-state index contributed by atoms with van der Waals surface area (Å²) in [5.41, 5.74) is 1.00. The van der Waals surface area contributed by atoms with Gasteiger partial charge in [-0.1, -0.05) is 13.3 Å². The molecule has 0 atom stereocenters. The van der Waals surface area contributed by atoms with E-state index in [9.17, 15) is 9.90 Å². The number of benzene rings is 1. The van der Waals surface area contributed by atoms with Crippen molar-refractivity contribution in [3.05, 3.63) is 29.3 Å². The Balaban J connectivity index is 3.03. The fraction of sp³-hybridized carbons (Fsp3) is 0.300. The van der Waals surface area contributed by atoms with E-state index in [1.807, 2.05) is 6.92 Å². The van der Waals surface area contributed by atoms with E-state index in [4.69, 9.17) is 5.11 Å². The van der Waals surface area contributed by atoms with Crippen molar-refractivity contribution >= 4 is 5.97 Å². The van der Waals surface area contributed by atoms with Gasteiger partial charge in [0, 0.05) is 0 Å². The fourth-order valence-electron chi connectivity index (χ4n) is 1.23. The summed E-state index contributed by atoms with van der Waals surface area (Å²) in [6.45, 7) is 2.00. The predicted molar refractivity (Wildman–Crippen MR) is 49.1 cm³/mol. The third-order valence-electron chi connectivity index (χ3n) is 1.76. The van der Waals surface area contributed by atoms with Gasteiger partial charge in [0.25, 0.3) is 0 Å². The lowest BCUT2D eigenvalue weighted by Crippen LogP contribution is -1.97. The van der Waals surface area contributed by atoms with Crippen molar-refractivity contribution in [2.24, 2.45) is 0 Å². The maximum atomic E-state index is 10.6. The topological polar surface area (TPSA) is 57.5 Å². The minimum Gasteiger partial charge on any atom is -0.508 e. The fourth-order valence-corrected chi connectivity index (χ4v) is 1.23. The summed E-state index contributed by atoms with van der Waals surface area (Å²) in [6, 6.07) is 4.43. The summed E-state index contributed by atoms with van der Waals surface area (Å²) in [5, 5.41) is 17.9. The van der Waals surface area contributed by atoms with Gasteiger partial charge >= 0.3 is 5.97 Å². The molecule has 3 heteroatoms. The van der Waals surface area contributed by atoms with E-state index < -0.39 is 5.97 Å². The Morgan fingerprint density at radius 1 is 1.38 bits per heavy atom. The van der Waals surface area contributed by atoms with Gasteiger partial charge in [-0.15, -0.1) is 0 Å². The van der Waals surface area contributed by atoms with Crippen LogP contribution < -0.4 is 0 Å². The second kappa shape index (κ2) is 3.94. The molecular formula is C10H12O3. The van der Waals surface area contributed by atoms with Crippen molar-refractivity contribution in [2.75, 3.05) is 0 Å². The van der Waals surface area contributed by atoms with E-state index in [0.29, 0.717) is 0 Å². The molecule has 0 aliphatic rings. The molecule has 1 aromatic carbocycles. The van der Waals surface area contributed by atoms with Gasteiger partial charge in [-0.2, -0.15) is 0 Å². The molecule has 0 spiro atoms. The standard InChI is InChI=1S/C10H12O3/c1-2-3-7-4-8(10(12)13)6-9(11)5-7/h4-6,11H,2-3H2,1H3,(H,12,13). The van der Waals surface area contributed by atoms with Crippen LogP contribution in [0.15, 0.2) is 18.2 Å². The summed E-state index contributed by atoms with van der Waals surface area (Å²) >= 11 is 0. The minimum atomic E-state index is -1.01. The van der Waals surface area contributed by atoms with Crippen LogP contribution in [0.3, 0.4) is 0 Å². The number of aromatic hydroxyl groups is 1. The molecular weight excluding hydrogens is 168 g/mol. The number of phenolic OH excluding ortho intramolecular Hbond substituents is 1. The maximum absolute atomic E-state index is 10.6. The van der Waals surface area contributed by atoms with Gasteiger partial charge in [0.05, 0.1) is 5.56 Å². The Bertz CT molecular complexity index is 318. The summed E-state index contributed by atoms with van der Waals surface area (Å²) in [6.07, 6.45) is 1.72. The Morgan fingerprint density at radius 2 is 2.08 bits per heavy atom. The molecule has 0 amide bonds. The minimum absolute atomic E-state index is 0.0170. The first-order chi connectivity index (χ1) is 6.13. The van der Waals surface area contributed by atoms with Crippen LogP contribution in [0.4, 0.5) is 0 Å². The Kier molecular flexibility index (Phi) is 2.90. The molecule has 0 saturated carbocycles. The molecule has 0 aliphatic heterocycles. The molecule has 1 aromatic rings. The Labute approximate surface area is 76.6 Å². The van der Waals surface area contributed by atoms with E-state index in [1.165, 1.54) is 6.07 Å². The average Bonchev–Trinajstić information content (AvgIpc) is 2.03. The number of carbonyl (C=O) groups is 1. The van der Waals surface area contributed by atoms with Gasteiger partial charge < -0.3 is 10.2 Å².